The van der Waals surface area contributed by atoms with Gasteiger partial charge >= 0.3 is 7.12 Å². The van der Waals surface area contributed by atoms with Crippen molar-refractivity contribution >= 4 is 34.1 Å². The largest absolute Gasteiger partial charge is 0.498 e. The lowest BCUT2D eigenvalue weighted by atomic mass is 9.78. The van der Waals surface area contributed by atoms with Gasteiger partial charge in [0, 0.05) is 5.46 Å². The Morgan fingerprint density at radius 3 is 2.38 bits per heavy atom. The minimum absolute atomic E-state index is 0.384. The van der Waals surface area contributed by atoms with Crippen LogP contribution in [0.25, 0.3) is 10.2 Å². The van der Waals surface area contributed by atoms with Crippen molar-refractivity contribution in [3.63, 3.8) is 0 Å². The zero-order chi connectivity index (χ0) is 23.5. The SMILES string of the molecule is CC.COc1cc(COc2ccc3nc(C#N)sc3c2)ccc1B1OC(C)(C)C(C)(C)O1. The van der Waals surface area contributed by atoms with Crippen molar-refractivity contribution in [3.05, 3.63) is 47.0 Å². The van der Waals surface area contributed by atoms with Crippen LogP contribution in [0.2, 0.25) is 0 Å². The van der Waals surface area contributed by atoms with Gasteiger partial charge in [-0.3, -0.25) is 0 Å². The molecule has 0 radical (unpaired) electrons. The highest BCUT2D eigenvalue weighted by Gasteiger charge is 2.52. The van der Waals surface area contributed by atoms with Gasteiger partial charge < -0.3 is 18.8 Å². The molecule has 1 aliphatic rings. The summed E-state index contributed by atoms with van der Waals surface area (Å²) in [5.41, 5.74) is 1.80. The molecule has 2 aromatic carbocycles. The third-order valence-electron chi connectivity index (χ3n) is 5.67. The third kappa shape index (κ3) is 4.75. The van der Waals surface area contributed by atoms with Gasteiger partial charge in [-0.1, -0.05) is 26.0 Å². The maximum Gasteiger partial charge on any atom is 0.498 e. The Kier molecular flexibility index (Phi) is 7.14. The molecule has 6 nitrogen and oxygen atoms in total. The van der Waals surface area contributed by atoms with Crippen molar-refractivity contribution in [1.82, 2.24) is 4.98 Å². The third-order valence-corrected chi connectivity index (χ3v) is 6.59. The van der Waals surface area contributed by atoms with Crippen LogP contribution in [-0.2, 0) is 15.9 Å². The summed E-state index contributed by atoms with van der Waals surface area (Å²) < 4.78 is 24.8. The number of methoxy groups -OCH3 is 1. The summed E-state index contributed by atoms with van der Waals surface area (Å²) in [5.74, 6) is 1.43. The number of ether oxygens (including phenoxy) is 2. The Morgan fingerprint density at radius 1 is 1.06 bits per heavy atom. The zero-order valence-corrected chi connectivity index (χ0v) is 20.5. The Hall–Kier alpha value is -2.60. The van der Waals surface area contributed by atoms with Crippen molar-refractivity contribution in [3.8, 4) is 17.6 Å². The highest BCUT2D eigenvalue weighted by molar-refractivity contribution is 7.19. The monoisotopic (exact) mass is 452 g/mol. The van der Waals surface area contributed by atoms with E-state index < -0.39 is 18.3 Å². The molecule has 2 heterocycles. The van der Waals surface area contributed by atoms with Crippen LogP contribution in [0.15, 0.2) is 36.4 Å². The van der Waals surface area contributed by atoms with E-state index in [1.807, 2.05) is 77.9 Å². The Balaban J connectivity index is 0.00000141. The van der Waals surface area contributed by atoms with Gasteiger partial charge in [-0.15, -0.1) is 11.3 Å². The minimum Gasteiger partial charge on any atom is -0.497 e. The highest BCUT2D eigenvalue weighted by Crippen LogP contribution is 2.37. The van der Waals surface area contributed by atoms with Crippen LogP contribution >= 0.6 is 11.3 Å². The first-order chi connectivity index (χ1) is 15.2. The van der Waals surface area contributed by atoms with Gasteiger partial charge in [-0.2, -0.15) is 5.26 Å². The summed E-state index contributed by atoms with van der Waals surface area (Å²) in [6, 6.07) is 13.6. The van der Waals surface area contributed by atoms with Gasteiger partial charge in [0.1, 0.15) is 24.2 Å². The molecule has 32 heavy (non-hydrogen) atoms. The number of aromatic nitrogens is 1. The van der Waals surface area contributed by atoms with E-state index in [0.717, 1.165) is 27.0 Å². The summed E-state index contributed by atoms with van der Waals surface area (Å²) >= 11 is 1.35. The van der Waals surface area contributed by atoms with Gasteiger partial charge in [0.15, 0.2) is 5.01 Å². The quantitative estimate of drug-likeness (QED) is 0.503. The summed E-state index contributed by atoms with van der Waals surface area (Å²) in [4.78, 5) is 4.24. The second kappa shape index (κ2) is 9.49. The standard InChI is InChI=1S/C22H23BN2O4S.C2H6/c1-21(2)22(3,4)29-23(28-21)16-8-6-14(10-18(16)26-5)13-27-15-7-9-17-19(11-15)30-20(12-24)25-17;1-2/h6-11H,13H2,1-5H3;1-2H3. The van der Waals surface area contributed by atoms with Crippen LogP contribution in [0, 0.1) is 11.3 Å². The van der Waals surface area contributed by atoms with Crippen LogP contribution < -0.4 is 14.9 Å². The van der Waals surface area contributed by atoms with Crippen molar-refractivity contribution in [2.45, 2.75) is 59.4 Å². The fourth-order valence-electron chi connectivity index (χ4n) is 3.22. The fraction of sp³-hybridized carbons (Fsp3) is 0.417. The van der Waals surface area contributed by atoms with E-state index in [-0.39, 0.29) is 0 Å². The molecule has 1 fully saturated rings. The molecular formula is C24H29BN2O4S. The van der Waals surface area contributed by atoms with E-state index >= 15 is 0 Å². The number of hydrogen-bond acceptors (Lipinski definition) is 7. The molecule has 3 aromatic rings. The zero-order valence-electron chi connectivity index (χ0n) is 19.7. The second-order valence-electron chi connectivity index (χ2n) is 8.21. The number of thiazole rings is 1. The Bertz CT molecular complexity index is 1120. The van der Waals surface area contributed by atoms with E-state index in [0.29, 0.717) is 17.4 Å². The number of nitriles is 1. The molecule has 1 saturated heterocycles. The molecule has 0 aliphatic carbocycles. The maximum atomic E-state index is 9.00. The number of fused-ring (bicyclic) bond motifs is 1. The van der Waals surface area contributed by atoms with Crippen molar-refractivity contribution in [1.29, 1.82) is 5.26 Å². The number of nitrogens with zero attached hydrogens (tertiary/aromatic N) is 2. The first kappa shape index (κ1) is 24.1. The molecule has 0 N–H and O–H groups in total. The fourth-order valence-corrected chi connectivity index (χ4v) is 4.01. The molecule has 1 aromatic heterocycles. The predicted molar refractivity (Wildman–Crippen MR) is 129 cm³/mol. The summed E-state index contributed by atoms with van der Waals surface area (Å²) in [5, 5.41) is 9.45. The Morgan fingerprint density at radius 2 is 1.75 bits per heavy atom. The van der Waals surface area contributed by atoms with E-state index in [4.69, 9.17) is 24.0 Å². The van der Waals surface area contributed by atoms with Crippen molar-refractivity contribution in [2.75, 3.05) is 7.11 Å². The minimum atomic E-state index is -0.483. The lowest BCUT2D eigenvalue weighted by Crippen LogP contribution is -2.41. The molecule has 0 unspecified atom stereocenters. The van der Waals surface area contributed by atoms with E-state index in [9.17, 15) is 0 Å². The second-order valence-corrected chi connectivity index (χ2v) is 9.24. The van der Waals surface area contributed by atoms with Gasteiger partial charge in [0.25, 0.3) is 0 Å². The predicted octanol–water partition coefficient (Wildman–Crippen LogP) is 5.08. The van der Waals surface area contributed by atoms with Crippen LogP contribution in [0.1, 0.15) is 52.1 Å². The molecule has 0 bridgehead atoms. The van der Waals surface area contributed by atoms with Crippen LogP contribution in [-0.4, -0.2) is 30.4 Å². The summed E-state index contributed by atoms with van der Waals surface area (Å²) in [6.45, 7) is 12.5. The van der Waals surface area contributed by atoms with Crippen molar-refractivity contribution < 1.29 is 18.8 Å². The maximum absolute atomic E-state index is 9.00. The van der Waals surface area contributed by atoms with Crippen LogP contribution in [0.4, 0.5) is 0 Å². The Labute approximate surface area is 194 Å². The molecule has 4 rings (SSSR count). The van der Waals surface area contributed by atoms with Crippen LogP contribution in [0.3, 0.4) is 0 Å². The molecule has 0 atom stereocenters. The molecule has 0 amide bonds. The van der Waals surface area contributed by atoms with Gasteiger partial charge in [-0.05, 0) is 57.5 Å². The molecule has 0 spiro atoms. The van der Waals surface area contributed by atoms with Gasteiger partial charge in [-0.25, -0.2) is 4.98 Å². The van der Waals surface area contributed by atoms with E-state index in [2.05, 4.69) is 11.1 Å². The molecular weight excluding hydrogens is 423 g/mol. The van der Waals surface area contributed by atoms with Gasteiger partial charge in [0.2, 0.25) is 0 Å². The van der Waals surface area contributed by atoms with Gasteiger partial charge in [0.05, 0.1) is 28.5 Å². The average Bonchev–Trinajstić information content (AvgIpc) is 3.29. The summed E-state index contributed by atoms with van der Waals surface area (Å²) in [6.07, 6.45) is 0. The first-order valence-corrected chi connectivity index (χ1v) is 11.5. The first-order valence-electron chi connectivity index (χ1n) is 10.7. The summed E-state index contributed by atoms with van der Waals surface area (Å²) in [7, 11) is 1.15. The van der Waals surface area contributed by atoms with Crippen LogP contribution in [0.5, 0.6) is 11.5 Å². The number of benzene rings is 2. The lowest BCUT2D eigenvalue weighted by molar-refractivity contribution is 0.00578. The number of hydrogen-bond donors (Lipinski definition) is 0. The number of rotatable bonds is 5. The molecule has 8 heteroatoms. The average molecular weight is 452 g/mol. The smallest absolute Gasteiger partial charge is 0.497 e. The normalized spacial score (nSPS) is 16.2. The van der Waals surface area contributed by atoms with Crippen molar-refractivity contribution in [2.24, 2.45) is 0 Å². The topological polar surface area (TPSA) is 73.6 Å². The molecule has 168 valence electrons. The highest BCUT2D eigenvalue weighted by atomic mass is 32.1. The lowest BCUT2D eigenvalue weighted by Gasteiger charge is -2.32. The van der Waals surface area contributed by atoms with E-state index in [1.165, 1.54) is 11.3 Å². The molecule has 1 aliphatic heterocycles. The molecule has 0 saturated carbocycles. The van der Waals surface area contributed by atoms with E-state index in [1.54, 1.807) is 7.11 Å².